The molecule has 0 radical (unpaired) electrons. The molecule has 1 N–H and O–H groups in total. The van der Waals surface area contributed by atoms with E-state index in [1.165, 1.54) is 5.56 Å². The molecule has 2 aromatic rings. The number of methoxy groups -OCH3 is 2. The highest BCUT2D eigenvalue weighted by molar-refractivity contribution is 5.42. The highest BCUT2D eigenvalue weighted by Gasteiger charge is 2.05. The van der Waals surface area contributed by atoms with Gasteiger partial charge in [-0.1, -0.05) is 36.4 Å². The van der Waals surface area contributed by atoms with Gasteiger partial charge in [0.15, 0.2) is 18.3 Å². The van der Waals surface area contributed by atoms with Gasteiger partial charge in [0.05, 0.1) is 7.11 Å². The highest BCUT2D eigenvalue weighted by atomic mass is 16.7. The van der Waals surface area contributed by atoms with Gasteiger partial charge in [-0.05, 0) is 23.3 Å². The van der Waals surface area contributed by atoms with Gasteiger partial charge in [-0.15, -0.1) is 0 Å². The number of benzene rings is 2. The molecule has 0 spiro atoms. The Morgan fingerprint density at radius 1 is 0.857 bits per heavy atom. The molecule has 4 nitrogen and oxygen atoms in total. The molecule has 0 aliphatic carbocycles. The number of hydrogen-bond donors (Lipinski definition) is 1. The van der Waals surface area contributed by atoms with Gasteiger partial charge in [0.25, 0.3) is 0 Å². The van der Waals surface area contributed by atoms with Crippen LogP contribution in [0.3, 0.4) is 0 Å². The van der Waals surface area contributed by atoms with Crippen LogP contribution in [0.4, 0.5) is 0 Å². The summed E-state index contributed by atoms with van der Waals surface area (Å²) in [4.78, 5) is 0. The molecule has 0 saturated carbocycles. The van der Waals surface area contributed by atoms with Crippen molar-refractivity contribution in [2.24, 2.45) is 0 Å². The summed E-state index contributed by atoms with van der Waals surface area (Å²) in [7, 11) is 3.23. The summed E-state index contributed by atoms with van der Waals surface area (Å²) >= 11 is 0. The Hall–Kier alpha value is -2.04. The average Bonchev–Trinajstić information content (AvgIpc) is 2.54. The zero-order chi connectivity index (χ0) is 14.9. The molecule has 0 saturated heterocycles. The van der Waals surface area contributed by atoms with Crippen LogP contribution in [0.25, 0.3) is 0 Å². The van der Waals surface area contributed by atoms with Crippen molar-refractivity contribution in [2.45, 2.75) is 13.1 Å². The summed E-state index contributed by atoms with van der Waals surface area (Å²) < 4.78 is 15.7. The molecule has 0 aliphatic rings. The van der Waals surface area contributed by atoms with Gasteiger partial charge in [0.2, 0.25) is 0 Å². The lowest BCUT2D eigenvalue weighted by Gasteiger charge is -2.12. The van der Waals surface area contributed by atoms with Crippen LogP contribution in [-0.2, 0) is 17.8 Å². The minimum atomic E-state index is 0.210. The zero-order valence-corrected chi connectivity index (χ0v) is 12.5. The Morgan fingerprint density at radius 3 is 2.33 bits per heavy atom. The van der Waals surface area contributed by atoms with E-state index < -0.39 is 0 Å². The van der Waals surface area contributed by atoms with Crippen molar-refractivity contribution in [1.82, 2.24) is 5.32 Å². The molecule has 2 rings (SSSR count). The van der Waals surface area contributed by atoms with Crippen LogP contribution in [0.5, 0.6) is 11.5 Å². The van der Waals surface area contributed by atoms with Crippen molar-refractivity contribution in [3.8, 4) is 11.5 Å². The second-order valence-corrected chi connectivity index (χ2v) is 4.63. The fourth-order valence-electron chi connectivity index (χ4n) is 2.01. The molecular formula is C17H21NO3. The van der Waals surface area contributed by atoms with Gasteiger partial charge in [-0.3, -0.25) is 0 Å². The number of hydrogen-bond acceptors (Lipinski definition) is 4. The van der Waals surface area contributed by atoms with E-state index >= 15 is 0 Å². The topological polar surface area (TPSA) is 39.7 Å². The van der Waals surface area contributed by atoms with E-state index in [0.717, 1.165) is 18.7 Å². The number of nitrogens with one attached hydrogen (secondary N) is 1. The Labute approximate surface area is 125 Å². The second kappa shape index (κ2) is 8.29. The van der Waals surface area contributed by atoms with Crippen LogP contribution in [0.2, 0.25) is 0 Å². The Kier molecular flexibility index (Phi) is 6.06. The molecule has 0 aromatic heterocycles. The van der Waals surface area contributed by atoms with Crippen molar-refractivity contribution < 1.29 is 14.2 Å². The maximum Gasteiger partial charge on any atom is 0.188 e. The third-order valence-corrected chi connectivity index (χ3v) is 3.06. The number of rotatable bonds is 8. The molecule has 0 unspecified atom stereocenters. The van der Waals surface area contributed by atoms with Crippen LogP contribution < -0.4 is 14.8 Å². The fourth-order valence-corrected chi connectivity index (χ4v) is 2.01. The maximum absolute atomic E-state index is 5.44. The first-order valence-corrected chi connectivity index (χ1v) is 6.87. The predicted molar refractivity (Wildman–Crippen MR) is 82.5 cm³/mol. The van der Waals surface area contributed by atoms with E-state index in [4.69, 9.17) is 14.2 Å². The van der Waals surface area contributed by atoms with Crippen molar-refractivity contribution in [2.75, 3.05) is 21.0 Å². The smallest absolute Gasteiger partial charge is 0.188 e. The van der Waals surface area contributed by atoms with E-state index in [2.05, 4.69) is 17.4 Å². The van der Waals surface area contributed by atoms with Crippen molar-refractivity contribution in [1.29, 1.82) is 0 Å². The van der Waals surface area contributed by atoms with Crippen molar-refractivity contribution in [3.63, 3.8) is 0 Å². The fraction of sp³-hybridized carbons (Fsp3) is 0.294. The van der Waals surface area contributed by atoms with Crippen LogP contribution in [-0.4, -0.2) is 21.0 Å². The van der Waals surface area contributed by atoms with Gasteiger partial charge in [0.1, 0.15) is 0 Å². The van der Waals surface area contributed by atoms with Gasteiger partial charge < -0.3 is 19.5 Å². The summed E-state index contributed by atoms with van der Waals surface area (Å²) in [5.41, 5.74) is 2.41. The number of ether oxygens (including phenoxy) is 3. The Balaban J connectivity index is 1.91. The summed E-state index contributed by atoms with van der Waals surface area (Å²) in [6.07, 6.45) is 0. The lowest BCUT2D eigenvalue weighted by molar-refractivity contribution is 0.0491. The molecule has 0 aliphatic heterocycles. The minimum absolute atomic E-state index is 0.210. The van der Waals surface area contributed by atoms with E-state index in [-0.39, 0.29) is 6.79 Å². The quantitative estimate of drug-likeness (QED) is 0.758. The van der Waals surface area contributed by atoms with E-state index in [9.17, 15) is 0 Å². The third-order valence-electron chi connectivity index (χ3n) is 3.06. The summed E-state index contributed by atoms with van der Waals surface area (Å²) in [5, 5.41) is 3.41. The molecule has 0 fully saturated rings. The second-order valence-electron chi connectivity index (χ2n) is 4.63. The standard InChI is InChI=1S/C17H21NO3/c1-19-13-21-16-9-8-15(10-17(16)20-2)12-18-11-14-6-4-3-5-7-14/h3-10,18H,11-13H2,1-2H3. The van der Waals surface area contributed by atoms with Crippen LogP contribution >= 0.6 is 0 Å². The van der Waals surface area contributed by atoms with Crippen LogP contribution in [0.1, 0.15) is 11.1 Å². The normalized spacial score (nSPS) is 10.4. The van der Waals surface area contributed by atoms with Gasteiger partial charge >= 0.3 is 0 Å². The SMILES string of the molecule is COCOc1ccc(CNCc2ccccc2)cc1OC. The Bertz CT molecular complexity index is 543. The third kappa shape index (κ3) is 4.77. The van der Waals surface area contributed by atoms with Gasteiger partial charge in [-0.25, -0.2) is 0 Å². The predicted octanol–water partition coefficient (Wildman–Crippen LogP) is 2.97. The maximum atomic E-state index is 5.44. The lowest BCUT2D eigenvalue weighted by Crippen LogP contribution is -2.12. The summed E-state index contributed by atoms with van der Waals surface area (Å²) in [6.45, 7) is 1.82. The molecule has 21 heavy (non-hydrogen) atoms. The molecule has 0 bridgehead atoms. The van der Waals surface area contributed by atoms with E-state index in [1.807, 2.05) is 36.4 Å². The molecule has 0 atom stereocenters. The monoisotopic (exact) mass is 287 g/mol. The molecule has 112 valence electrons. The molecular weight excluding hydrogens is 266 g/mol. The van der Waals surface area contributed by atoms with Crippen molar-refractivity contribution in [3.05, 3.63) is 59.7 Å². The molecule has 0 amide bonds. The van der Waals surface area contributed by atoms with Crippen molar-refractivity contribution >= 4 is 0 Å². The zero-order valence-electron chi connectivity index (χ0n) is 12.5. The first-order chi connectivity index (χ1) is 10.3. The van der Waals surface area contributed by atoms with Crippen LogP contribution in [0, 0.1) is 0 Å². The molecule has 4 heteroatoms. The molecule has 2 aromatic carbocycles. The highest BCUT2D eigenvalue weighted by Crippen LogP contribution is 2.28. The van der Waals surface area contributed by atoms with E-state index in [0.29, 0.717) is 11.5 Å². The first-order valence-electron chi connectivity index (χ1n) is 6.87. The van der Waals surface area contributed by atoms with E-state index in [1.54, 1.807) is 14.2 Å². The summed E-state index contributed by atoms with van der Waals surface area (Å²) in [6, 6.07) is 16.2. The average molecular weight is 287 g/mol. The van der Waals surface area contributed by atoms with Crippen LogP contribution in [0.15, 0.2) is 48.5 Å². The lowest BCUT2D eigenvalue weighted by atomic mass is 10.2. The largest absolute Gasteiger partial charge is 0.493 e. The minimum Gasteiger partial charge on any atom is -0.493 e. The summed E-state index contributed by atoms with van der Waals surface area (Å²) in [5.74, 6) is 1.40. The first kappa shape index (κ1) is 15.4. The Morgan fingerprint density at radius 2 is 1.62 bits per heavy atom. The van der Waals surface area contributed by atoms with Gasteiger partial charge in [-0.2, -0.15) is 0 Å². The van der Waals surface area contributed by atoms with Gasteiger partial charge in [0, 0.05) is 20.2 Å². The molecule has 0 heterocycles.